The molecule has 100 valence electrons. The molecule has 2 rings (SSSR count). The predicted molar refractivity (Wildman–Crippen MR) is 79.0 cm³/mol. The number of nitrogens with one attached hydrogen (secondary N) is 1. The van der Waals surface area contributed by atoms with E-state index >= 15 is 0 Å². The molecule has 18 heavy (non-hydrogen) atoms. The lowest BCUT2D eigenvalue weighted by Crippen LogP contribution is -2.24. The number of ether oxygens (including phenoxy) is 1. The van der Waals surface area contributed by atoms with Crippen LogP contribution < -0.4 is 10.1 Å². The SMILES string of the molecule is COc1ccc(Br)cc1CNCC1CCCCC1. The Morgan fingerprint density at radius 3 is 2.78 bits per heavy atom. The third kappa shape index (κ3) is 3.99. The minimum atomic E-state index is 0.872. The van der Waals surface area contributed by atoms with Crippen LogP contribution in [0.3, 0.4) is 0 Å². The molecular weight excluding hydrogens is 290 g/mol. The summed E-state index contributed by atoms with van der Waals surface area (Å²) in [6.07, 6.45) is 7.03. The Labute approximate surface area is 118 Å². The van der Waals surface area contributed by atoms with Crippen molar-refractivity contribution in [3.8, 4) is 5.75 Å². The second kappa shape index (κ2) is 7.15. The van der Waals surface area contributed by atoms with Crippen molar-refractivity contribution >= 4 is 15.9 Å². The molecule has 0 saturated heterocycles. The normalized spacial score (nSPS) is 16.8. The van der Waals surface area contributed by atoms with Crippen molar-refractivity contribution in [3.63, 3.8) is 0 Å². The number of halogens is 1. The molecule has 1 saturated carbocycles. The first-order valence-electron chi connectivity index (χ1n) is 6.82. The van der Waals surface area contributed by atoms with Crippen molar-refractivity contribution in [2.24, 2.45) is 5.92 Å². The van der Waals surface area contributed by atoms with E-state index in [1.807, 2.05) is 12.1 Å². The van der Waals surface area contributed by atoms with Crippen molar-refractivity contribution in [3.05, 3.63) is 28.2 Å². The maximum Gasteiger partial charge on any atom is 0.123 e. The first-order chi connectivity index (χ1) is 8.79. The van der Waals surface area contributed by atoms with Gasteiger partial charge < -0.3 is 10.1 Å². The number of rotatable bonds is 5. The van der Waals surface area contributed by atoms with Crippen LogP contribution in [0.1, 0.15) is 37.7 Å². The highest BCUT2D eigenvalue weighted by Gasteiger charge is 2.13. The average molecular weight is 312 g/mol. The van der Waals surface area contributed by atoms with Gasteiger partial charge in [0.15, 0.2) is 0 Å². The van der Waals surface area contributed by atoms with Crippen LogP contribution in [0.5, 0.6) is 5.75 Å². The first kappa shape index (κ1) is 13.9. The van der Waals surface area contributed by atoms with Crippen LogP contribution in [0.15, 0.2) is 22.7 Å². The Hall–Kier alpha value is -0.540. The number of hydrogen-bond donors (Lipinski definition) is 1. The van der Waals surface area contributed by atoms with Gasteiger partial charge >= 0.3 is 0 Å². The Morgan fingerprint density at radius 2 is 2.06 bits per heavy atom. The zero-order chi connectivity index (χ0) is 12.8. The Morgan fingerprint density at radius 1 is 1.28 bits per heavy atom. The monoisotopic (exact) mass is 311 g/mol. The fourth-order valence-electron chi connectivity index (χ4n) is 2.69. The summed E-state index contributed by atoms with van der Waals surface area (Å²) in [6.45, 7) is 2.02. The molecule has 0 aliphatic heterocycles. The summed E-state index contributed by atoms with van der Waals surface area (Å²) in [5.41, 5.74) is 1.22. The van der Waals surface area contributed by atoms with E-state index in [-0.39, 0.29) is 0 Å². The molecule has 0 unspecified atom stereocenters. The Kier molecular flexibility index (Phi) is 5.51. The van der Waals surface area contributed by atoms with E-state index in [1.54, 1.807) is 7.11 Å². The van der Waals surface area contributed by atoms with Crippen molar-refractivity contribution in [1.29, 1.82) is 0 Å². The van der Waals surface area contributed by atoms with Gasteiger partial charge in [-0.3, -0.25) is 0 Å². The topological polar surface area (TPSA) is 21.3 Å². The average Bonchev–Trinajstić information content (AvgIpc) is 2.40. The number of benzene rings is 1. The predicted octanol–water partition coefficient (Wildman–Crippen LogP) is 4.13. The van der Waals surface area contributed by atoms with Gasteiger partial charge in [-0.05, 0) is 43.5 Å². The molecule has 1 N–H and O–H groups in total. The van der Waals surface area contributed by atoms with Gasteiger partial charge in [-0.1, -0.05) is 35.2 Å². The van der Waals surface area contributed by atoms with Crippen LogP contribution in [0.4, 0.5) is 0 Å². The van der Waals surface area contributed by atoms with E-state index in [0.29, 0.717) is 0 Å². The molecule has 0 radical (unpaired) electrons. The molecule has 1 aliphatic rings. The van der Waals surface area contributed by atoms with Crippen LogP contribution in [0.2, 0.25) is 0 Å². The lowest BCUT2D eigenvalue weighted by molar-refractivity contribution is 0.340. The highest BCUT2D eigenvalue weighted by molar-refractivity contribution is 9.10. The number of methoxy groups -OCH3 is 1. The second-order valence-electron chi connectivity index (χ2n) is 5.09. The van der Waals surface area contributed by atoms with Gasteiger partial charge in [0.1, 0.15) is 5.75 Å². The van der Waals surface area contributed by atoms with Gasteiger partial charge in [0, 0.05) is 16.6 Å². The highest BCUT2D eigenvalue weighted by Crippen LogP contribution is 2.24. The molecule has 3 heteroatoms. The molecule has 0 heterocycles. The van der Waals surface area contributed by atoms with Crippen LogP contribution in [0.25, 0.3) is 0 Å². The standard InChI is InChI=1S/C15H22BrNO/c1-18-15-8-7-14(16)9-13(15)11-17-10-12-5-3-2-4-6-12/h7-9,12,17H,2-6,10-11H2,1H3. The van der Waals surface area contributed by atoms with E-state index in [9.17, 15) is 0 Å². The molecule has 1 aromatic rings. The molecule has 1 aliphatic carbocycles. The summed E-state index contributed by atoms with van der Waals surface area (Å²) in [5, 5.41) is 3.57. The minimum absolute atomic E-state index is 0.872. The third-order valence-electron chi connectivity index (χ3n) is 3.72. The van der Waals surface area contributed by atoms with Gasteiger partial charge in [-0.2, -0.15) is 0 Å². The van der Waals surface area contributed by atoms with Gasteiger partial charge in [-0.25, -0.2) is 0 Å². The molecule has 1 fully saturated rings. The molecule has 0 amide bonds. The van der Waals surface area contributed by atoms with Gasteiger partial charge in [0.2, 0.25) is 0 Å². The third-order valence-corrected chi connectivity index (χ3v) is 4.21. The minimum Gasteiger partial charge on any atom is -0.496 e. The molecule has 0 atom stereocenters. The largest absolute Gasteiger partial charge is 0.496 e. The van der Waals surface area contributed by atoms with Crippen LogP contribution in [-0.4, -0.2) is 13.7 Å². The zero-order valence-electron chi connectivity index (χ0n) is 11.0. The van der Waals surface area contributed by atoms with Crippen LogP contribution in [0, 0.1) is 5.92 Å². The summed E-state index contributed by atoms with van der Waals surface area (Å²) in [5.74, 6) is 1.84. The first-order valence-corrected chi connectivity index (χ1v) is 7.62. The smallest absolute Gasteiger partial charge is 0.123 e. The fraction of sp³-hybridized carbons (Fsp3) is 0.600. The van der Waals surface area contributed by atoms with Crippen molar-refractivity contribution in [2.45, 2.75) is 38.6 Å². The molecule has 2 nitrogen and oxygen atoms in total. The summed E-state index contributed by atoms with van der Waals surface area (Å²) in [6, 6.07) is 6.16. The molecule has 1 aromatic carbocycles. The lowest BCUT2D eigenvalue weighted by Gasteiger charge is -2.22. The van der Waals surface area contributed by atoms with E-state index < -0.39 is 0 Å². The zero-order valence-corrected chi connectivity index (χ0v) is 12.6. The van der Waals surface area contributed by atoms with Crippen molar-refractivity contribution in [2.75, 3.05) is 13.7 Å². The maximum atomic E-state index is 5.38. The number of hydrogen-bond acceptors (Lipinski definition) is 2. The van der Waals surface area contributed by atoms with E-state index in [4.69, 9.17) is 4.74 Å². The highest BCUT2D eigenvalue weighted by atomic mass is 79.9. The summed E-state index contributed by atoms with van der Waals surface area (Å²) in [7, 11) is 1.73. The maximum absolute atomic E-state index is 5.38. The van der Waals surface area contributed by atoms with Crippen LogP contribution in [-0.2, 0) is 6.54 Å². The second-order valence-corrected chi connectivity index (χ2v) is 6.01. The van der Waals surface area contributed by atoms with Gasteiger partial charge in [-0.15, -0.1) is 0 Å². The van der Waals surface area contributed by atoms with Gasteiger partial charge in [0.05, 0.1) is 7.11 Å². The van der Waals surface area contributed by atoms with E-state index in [0.717, 1.165) is 29.2 Å². The summed E-state index contributed by atoms with van der Waals surface area (Å²) in [4.78, 5) is 0. The van der Waals surface area contributed by atoms with Crippen LogP contribution >= 0.6 is 15.9 Å². The molecular formula is C15H22BrNO. The molecule has 0 bridgehead atoms. The van der Waals surface area contributed by atoms with E-state index in [1.165, 1.54) is 37.7 Å². The molecule has 0 aromatic heterocycles. The fourth-order valence-corrected chi connectivity index (χ4v) is 3.10. The summed E-state index contributed by atoms with van der Waals surface area (Å²) < 4.78 is 6.49. The molecule has 0 spiro atoms. The quantitative estimate of drug-likeness (QED) is 0.883. The van der Waals surface area contributed by atoms with Crippen molar-refractivity contribution < 1.29 is 4.74 Å². The Balaban J connectivity index is 1.83. The van der Waals surface area contributed by atoms with Crippen molar-refractivity contribution in [1.82, 2.24) is 5.32 Å². The Bertz CT molecular complexity index is 375. The van der Waals surface area contributed by atoms with E-state index in [2.05, 4.69) is 27.3 Å². The summed E-state index contributed by atoms with van der Waals surface area (Å²) >= 11 is 3.51. The van der Waals surface area contributed by atoms with Gasteiger partial charge in [0.25, 0.3) is 0 Å². The lowest BCUT2D eigenvalue weighted by atomic mass is 9.89.